The highest BCUT2D eigenvalue weighted by molar-refractivity contribution is 9.10. The van der Waals surface area contributed by atoms with E-state index in [1.807, 2.05) is 0 Å². The molecule has 0 aliphatic carbocycles. The lowest BCUT2D eigenvalue weighted by molar-refractivity contribution is -0.384. The molecule has 0 aliphatic heterocycles. The summed E-state index contributed by atoms with van der Waals surface area (Å²) in [5.74, 6) is -0.471. The molecule has 3 rings (SSSR count). The monoisotopic (exact) mass is 489 g/mol. The van der Waals surface area contributed by atoms with E-state index in [9.17, 15) is 23.3 Å². The summed E-state index contributed by atoms with van der Waals surface area (Å²) in [5, 5.41) is 13.6. The third-order valence-electron chi connectivity index (χ3n) is 4.20. The third kappa shape index (κ3) is 5.02. The molecule has 0 atom stereocenters. The summed E-state index contributed by atoms with van der Waals surface area (Å²) in [5.41, 5.74) is 1.43. The van der Waals surface area contributed by atoms with Crippen LogP contribution in [0.3, 0.4) is 0 Å². The number of anilines is 2. The van der Waals surface area contributed by atoms with Crippen LogP contribution in [-0.4, -0.2) is 19.2 Å². The van der Waals surface area contributed by atoms with E-state index in [0.717, 1.165) is 4.47 Å². The zero-order valence-corrected chi connectivity index (χ0v) is 18.0. The lowest BCUT2D eigenvalue weighted by Gasteiger charge is -2.10. The number of sulfonamides is 1. The van der Waals surface area contributed by atoms with Crippen LogP contribution in [0.2, 0.25) is 0 Å². The molecule has 10 heteroatoms. The number of nitro benzene ring substituents is 1. The fourth-order valence-corrected chi connectivity index (χ4v) is 3.89. The Labute approximate surface area is 181 Å². The van der Waals surface area contributed by atoms with Crippen LogP contribution in [0.15, 0.2) is 76.1 Å². The summed E-state index contributed by atoms with van der Waals surface area (Å²) in [6, 6.07) is 16.2. The first-order valence-electron chi connectivity index (χ1n) is 8.60. The summed E-state index contributed by atoms with van der Waals surface area (Å²) >= 11 is 3.25. The highest BCUT2D eigenvalue weighted by Gasteiger charge is 2.15. The molecule has 0 saturated heterocycles. The van der Waals surface area contributed by atoms with Crippen molar-refractivity contribution in [2.45, 2.75) is 11.8 Å². The van der Waals surface area contributed by atoms with Crippen LogP contribution in [0.25, 0.3) is 0 Å². The van der Waals surface area contributed by atoms with Gasteiger partial charge in [0.15, 0.2) is 0 Å². The van der Waals surface area contributed by atoms with Gasteiger partial charge >= 0.3 is 0 Å². The Morgan fingerprint density at radius 2 is 1.63 bits per heavy atom. The Morgan fingerprint density at radius 3 is 2.23 bits per heavy atom. The molecule has 8 nitrogen and oxygen atoms in total. The van der Waals surface area contributed by atoms with Crippen LogP contribution >= 0.6 is 15.9 Å². The molecule has 0 aliphatic rings. The predicted octanol–water partition coefficient (Wildman–Crippen LogP) is 4.72. The Balaban J connectivity index is 1.74. The van der Waals surface area contributed by atoms with Gasteiger partial charge in [0.25, 0.3) is 21.6 Å². The number of aryl methyl sites for hydroxylation is 1. The van der Waals surface area contributed by atoms with Crippen molar-refractivity contribution < 1.29 is 18.1 Å². The van der Waals surface area contributed by atoms with E-state index in [0.29, 0.717) is 16.9 Å². The van der Waals surface area contributed by atoms with E-state index in [1.54, 1.807) is 25.1 Å². The minimum absolute atomic E-state index is 0.105. The molecular formula is C20H16BrN3O5S. The van der Waals surface area contributed by atoms with Crippen LogP contribution in [0.4, 0.5) is 17.1 Å². The lowest BCUT2D eigenvalue weighted by Crippen LogP contribution is -2.14. The molecule has 3 aromatic rings. The number of carbonyl (C=O) groups excluding carboxylic acids is 1. The second kappa shape index (κ2) is 8.64. The Bertz CT molecular complexity index is 1210. The van der Waals surface area contributed by atoms with Gasteiger partial charge in [0, 0.05) is 27.9 Å². The normalized spacial score (nSPS) is 11.0. The molecule has 0 aromatic heterocycles. The van der Waals surface area contributed by atoms with Crippen molar-refractivity contribution in [3.63, 3.8) is 0 Å². The maximum atomic E-state index is 12.5. The first kappa shape index (κ1) is 21.5. The van der Waals surface area contributed by atoms with E-state index in [1.165, 1.54) is 48.5 Å². The smallest absolute Gasteiger partial charge is 0.271 e. The largest absolute Gasteiger partial charge is 0.321 e. The van der Waals surface area contributed by atoms with Crippen molar-refractivity contribution in [3.05, 3.63) is 92.4 Å². The highest BCUT2D eigenvalue weighted by Crippen LogP contribution is 2.23. The van der Waals surface area contributed by atoms with Gasteiger partial charge in [0.2, 0.25) is 0 Å². The molecule has 30 heavy (non-hydrogen) atoms. The van der Waals surface area contributed by atoms with Crippen LogP contribution in [-0.2, 0) is 10.0 Å². The molecule has 0 radical (unpaired) electrons. The summed E-state index contributed by atoms with van der Waals surface area (Å²) in [6.07, 6.45) is 0. The van der Waals surface area contributed by atoms with Crippen LogP contribution < -0.4 is 10.0 Å². The number of nitrogens with zero attached hydrogens (tertiary/aromatic N) is 1. The third-order valence-corrected chi connectivity index (χ3v) is 6.13. The van der Waals surface area contributed by atoms with Gasteiger partial charge in [0.05, 0.1) is 15.5 Å². The molecule has 0 heterocycles. The van der Waals surface area contributed by atoms with Gasteiger partial charge in [-0.15, -0.1) is 0 Å². The zero-order valence-electron chi connectivity index (χ0n) is 15.6. The van der Waals surface area contributed by atoms with Gasteiger partial charge in [-0.25, -0.2) is 8.42 Å². The van der Waals surface area contributed by atoms with Crippen molar-refractivity contribution in [3.8, 4) is 0 Å². The number of non-ortho nitro benzene ring substituents is 1. The Morgan fingerprint density at radius 1 is 1.00 bits per heavy atom. The standard InChI is InChI=1S/C20H16BrN3O5S/c1-13-2-9-17(24(26)27)12-19(13)22-20(25)14-3-7-16(8-4-14)23-30(28,29)18-10-5-15(21)6-11-18/h2-12,23H,1H3,(H,22,25). The molecule has 154 valence electrons. The quantitative estimate of drug-likeness (QED) is 0.383. The molecule has 0 spiro atoms. The minimum atomic E-state index is -3.77. The van der Waals surface area contributed by atoms with Gasteiger partial charge in [-0.05, 0) is 61.0 Å². The van der Waals surface area contributed by atoms with Gasteiger partial charge < -0.3 is 5.32 Å². The van der Waals surface area contributed by atoms with Crippen LogP contribution in [0.5, 0.6) is 0 Å². The van der Waals surface area contributed by atoms with E-state index in [2.05, 4.69) is 26.0 Å². The second-order valence-corrected chi connectivity index (χ2v) is 8.95. The highest BCUT2D eigenvalue weighted by atomic mass is 79.9. The Hall–Kier alpha value is -3.24. The first-order chi connectivity index (χ1) is 14.2. The van der Waals surface area contributed by atoms with E-state index in [4.69, 9.17) is 0 Å². The molecular weight excluding hydrogens is 474 g/mol. The number of carbonyl (C=O) groups is 1. The average molecular weight is 490 g/mol. The minimum Gasteiger partial charge on any atom is -0.321 e. The Kier molecular flexibility index (Phi) is 6.18. The van der Waals surface area contributed by atoms with E-state index in [-0.39, 0.29) is 16.1 Å². The summed E-state index contributed by atoms with van der Waals surface area (Å²) in [4.78, 5) is 23.0. The molecule has 0 unspecified atom stereocenters. The second-order valence-electron chi connectivity index (χ2n) is 6.35. The maximum Gasteiger partial charge on any atom is 0.271 e. The molecule has 2 N–H and O–H groups in total. The number of nitrogens with one attached hydrogen (secondary N) is 2. The van der Waals surface area contributed by atoms with E-state index < -0.39 is 20.9 Å². The zero-order chi connectivity index (χ0) is 21.9. The molecule has 3 aromatic carbocycles. The fourth-order valence-electron chi connectivity index (χ4n) is 2.57. The predicted molar refractivity (Wildman–Crippen MR) is 117 cm³/mol. The maximum absolute atomic E-state index is 12.5. The molecule has 1 amide bonds. The van der Waals surface area contributed by atoms with Crippen molar-refractivity contribution in [2.75, 3.05) is 10.0 Å². The number of nitro groups is 1. The van der Waals surface area contributed by atoms with E-state index >= 15 is 0 Å². The van der Waals surface area contributed by atoms with Crippen molar-refractivity contribution in [2.24, 2.45) is 0 Å². The van der Waals surface area contributed by atoms with Crippen molar-refractivity contribution in [1.29, 1.82) is 0 Å². The van der Waals surface area contributed by atoms with Gasteiger partial charge in [-0.1, -0.05) is 22.0 Å². The van der Waals surface area contributed by atoms with Crippen molar-refractivity contribution >= 4 is 48.9 Å². The summed E-state index contributed by atoms with van der Waals surface area (Å²) in [6.45, 7) is 1.72. The summed E-state index contributed by atoms with van der Waals surface area (Å²) < 4.78 is 28.1. The number of rotatable bonds is 6. The fraction of sp³-hybridized carbons (Fsp3) is 0.0500. The van der Waals surface area contributed by atoms with Gasteiger partial charge in [-0.2, -0.15) is 0 Å². The number of hydrogen-bond acceptors (Lipinski definition) is 5. The average Bonchev–Trinajstić information content (AvgIpc) is 2.70. The molecule has 0 bridgehead atoms. The number of hydrogen-bond donors (Lipinski definition) is 2. The topological polar surface area (TPSA) is 118 Å². The van der Waals surface area contributed by atoms with Crippen molar-refractivity contribution in [1.82, 2.24) is 0 Å². The van der Waals surface area contributed by atoms with Crippen LogP contribution in [0, 0.1) is 17.0 Å². The SMILES string of the molecule is Cc1ccc([N+](=O)[O-])cc1NC(=O)c1ccc(NS(=O)(=O)c2ccc(Br)cc2)cc1. The van der Waals surface area contributed by atoms with Crippen LogP contribution in [0.1, 0.15) is 15.9 Å². The number of amides is 1. The number of halogens is 1. The summed E-state index contributed by atoms with van der Waals surface area (Å²) in [7, 11) is -3.77. The first-order valence-corrected chi connectivity index (χ1v) is 10.9. The number of benzene rings is 3. The molecule has 0 saturated carbocycles. The lowest BCUT2D eigenvalue weighted by atomic mass is 10.1. The molecule has 0 fully saturated rings. The van der Waals surface area contributed by atoms with Gasteiger partial charge in [-0.3, -0.25) is 19.6 Å². The van der Waals surface area contributed by atoms with Gasteiger partial charge in [0.1, 0.15) is 0 Å².